The Kier molecular flexibility index (Phi) is 5.08. The third-order valence-electron chi connectivity index (χ3n) is 4.83. The zero-order valence-electron chi connectivity index (χ0n) is 16.4. The summed E-state index contributed by atoms with van der Waals surface area (Å²) in [7, 11) is 1.50. The predicted molar refractivity (Wildman–Crippen MR) is 114 cm³/mol. The van der Waals surface area contributed by atoms with Gasteiger partial charge < -0.3 is 4.74 Å². The molecule has 0 aliphatic carbocycles. The molecule has 30 heavy (non-hydrogen) atoms. The van der Waals surface area contributed by atoms with Crippen LogP contribution in [0.15, 0.2) is 83.9 Å². The number of hydrogen-bond donors (Lipinski definition) is 0. The van der Waals surface area contributed by atoms with Crippen LogP contribution in [0.1, 0.15) is 5.56 Å². The van der Waals surface area contributed by atoms with Crippen LogP contribution < -0.4 is 4.74 Å². The summed E-state index contributed by atoms with van der Waals surface area (Å²) < 4.78 is 48.9. The minimum atomic E-state index is -4.67. The van der Waals surface area contributed by atoms with E-state index in [9.17, 15) is 13.2 Å². The van der Waals surface area contributed by atoms with Crippen molar-refractivity contribution < 1.29 is 17.9 Å². The maximum atomic E-state index is 14.2. The summed E-state index contributed by atoms with van der Waals surface area (Å²) in [4.78, 5) is 4.00. The number of alkyl halides is 3. The summed E-state index contributed by atoms with van der Waals surface area (Å²) >= 11 is 0. The molecule has 1 aromatic heterocycles. The number of ether oxygens (including phenoxy) is 1. The molecule has 0 unspecified atom stereocenters. The molecule has 0 saturated carbocycles. The zero-order chi connectivity index (χ0) is 21.3. The van der Waals surface area contributed by atoms with Gasteiger partial charge in [-0.15, -0.1) is 0 Å². The largest absolute Gasteiger partial charge is 0.497 e. The summed E-state index contributed by atoms with van der Waals surface area (Å²) in [5, 5.41) is 0.708. The first-order valence-corrected chi connectivity index (χ1v) is 9.34. The maximum absolute atomic E-state index is 14.2. The van der Waals surface area contributed by atoms with Crippen LogP contribution in [-0.4, -0.2) is 23.7 Å². The molecule has 0 aliphatic rings. The Bertz CT molecular complexity index is 1200. The Hall–Kier alpha value is -3.54. The maximum Gasteiger partial charge on any atom is 0.450 e. The molecule has 0 aliphatic heterocycles. The van der Waals surface area contributed by atoms with Crippen molar-refractivity contribution in [3.05, 3.63) is 84.4 Å². The van der Waals surface area contributed by atoms with Crippen molar-refractivity contribution in [1.29, 1.82) is 0 Å². The van der Waals surface area contributed by atoms with Crippen molar-refractivity contribution in [2.45, 2.75) is 13.1 Å². The van der Waals surface area contributed by atoms with E-state index in [1.807, 2.05) is 31.2 Å². The lowest BCUT2D eigenvalue weighted by Gasteiger charge is -2.17. The number of nitrogens with zero attached hydrogens (tertiary/aromatic N) is 2. The van der Waals surface area contributed by atoms with Gasteiger partial charge in [-0.2, -0.15) is 13.2 Å². The molecule has 0 radical (unpaired) electrons. The van der Waals surface area contributed by atoms with Crippen molar-refractivity contribution in [2.75, 3.05) is 7.11 Å². The lowest BCUT2D eigenvalue weighted by molar-refractivity contribution is -0.0612. The highest BCUT2D eigenvalue weighted by Crippen LogP contribution is 2.33. The first-order chi connectivity index (χ1) is 14.4. The summed E-state index contributed by atoms with van der Waals surface area (Å²) in [5.74, 6) is -0.446. The van der Waals surface area contributed by atoms with E-state index in [4.69, 9.17) is 4.74 Å². The van der Waals surface area contributed by atoms with E-state index < -0.39 is 12.0 Å². The van der Waals surface area contributed by atoms with Crippen molar-refractivity contribution in [2.24, 2.45) is 4.99 Å². The molecular formula is C24H19F3N2O. The molecule has 0 fully saturated rings. The number of halogens is 3. The van der Waals surface area contributed by atoms with Gasteiger partial charge in [-0.25, -0.2) is 4.99 Å². The third-order valence-corrected chi connectivity index (χ3v) is 4.83. The van der Waals surface area contributed by atoms with E-state index in [1.54, 1.807) is 42.5 Å². The first-order valence-electron chi connectivity index (χ1n) is 9.34. The van der Waals surface area contributed by atoms with Crippen molar-refractivity contribution in [3.63, 3.8) is 0 Å². The molecule has 0 saturated heterocycles. The van der Waals surface area contributed by atoms with Crippen LogP contribution in [0.5, 0.6) is 5.75 Å². The fourth-order valence-electron chi connectivity index (χ4n) is 3.34. The summed E-state index contributed by atoms with van der Waals surface area (Å²) in [6.45, 7) is 1.94. The van der Waals surface area contributed by atoms with Crippen LogP contribution in [0.2, 0.25) is 0 Å². The molecule has 0 amide bonds. The highest BCUT2D eigenvalue weighted by Gasteiger charge is 2.39. The van der Waals surface area contributed by atoms with Gasteiger partial charge in [0.25, 0.3) is 0 Å². The van der Waals surface area contributed by atoms with Gasteiger partial charge in [0, 0.05) is 5.39 Å². The molecule has 152 valence electrons. The van der Waals surface area contributed by atoms with E-state index in [0.29, 0.717) is 27.9 Å². The molecule has 4 rings (SSSR count). The number of fused-ring (bicyclic) bond motifs is 1. The molecule has 0 atom stereocenters. The van der Waals surface area contributed by atoms with Crippen molar-refractivity contribution in [3.8, 4) is 17.0 Å². The van der Waals surface area contributed by atoms with E-state index in [0.717, 1.165) is 5.56 Å². The second-order valence-electron chi connectivity index (χ2n) is 6.92. The summed E-state index contributed by atoms with van der Waals surface area (Å²) in [5.41, 5.74) is 2.78. The molecule has 4 aromatic rings. The van der Waals surface area contributed by atoms with Gasteiger partial charge in [0.05, 0.1) is 24.0 Å². The van der Waals surface area contributed by atoms with E-state index in [1.165, 1.54) is 23.8 Å². The summed E-state index contributed by atoms with van der Waals surface area (Å²) in [6, 6.07) is 22.3. The van der Waals surface area contributed by atoms with Gasteiger partial charge in [-0.3, -0.25) is 4.57 Å². The number of rotatable bonds is 3. The molecule has 0 spiro atoms. The minimum Gasteiger partial charge on any atom is -0.497 e. The Morgan fingerprint density at radius 2 is 1.57 bits per heavy atom. The number of para-hydroxylation sites is 1. The van der Waals surface area contributed by atoms with Crippen LogP contribution in [0, 0.1) is 6.92 Å². The lowest BCUT2D eigenvalue weighted by Crippen LogP contribution is -2.30. The number of aryl methyl sites for hydroxylation is 1. The van der Waals surface area contributed by atoms with Gasteiger partial charge in [-0.1, -0.05) is 48.0 Å². The third kappa shape index (κ3) is 3.81. The molecule has 6 heteroatoms. The molecule has 1 heterocycles. The first kappa shape index (κ1) is 19.8. The fraction of sp³-hybridized carbons (Fsp3) is 0.125. The SMILES string of the molecule is COc1ccc(N=C(n2c(-c3ccc(C)cc3)cc3ccccc32)C(F)(F)F)cc1. The molecular weight excluding hydrogens is 389 g/mol. The average molecular weight is 408 g/mol. The number of methoxy groups -OCH3 is 1. The Morgan fingerprint density at radius 1 is 0.900 bits per heavy atom. The van der Waals surface area contributed by atoms with Crippen molar-refractivity contribution >= 4 is 22.4 Å². The number of aromatic nitrogens is 1. The van der Waals surface area contributed by atoms with Gasteiger partial charge in [0.2, 0.25) is 5.84 Å². The van der Waals surface area contributed by atoms with Crippen LogP contribution in [0.4, 0.5) is 18.9 Å². The molecule has 3 aromatic carbocycles. The van der Waals surface area contributed by atoms with Crippen LogP contribution >= 0.6 is 0 Å². The molecule has 0 N–H and O–H groups in total. The van der Waals surface area contributed by atoms with Gasteiger partial charge in [0.15, 0.2) is 0 Å². The highest BCUT2D eigenvalue weighted by atomic mass is 19.4. The average Bonchev–Trinajstić information content (AvgIpc) is 3.11. The van der Waals surface area contributed by atoms with E-state index in [-0.39, 0.29) is 5.69 Å². The van der Waals surface area contributed by atoms with Crippen LogP contribution in [0.3, 0.4) is 0 Å². The highest BCUT2D eigenvalue weighted by molar-refractivity contribution is 6.03. The van der Waals surface area contributed by atoms with Crippen molar-refractivity contribution in [1.82, 2.24) is 4.57 Å². The fourth-order valence-corrected chi connectivity index (χ4v) is 3.34. The van der Waals surface area contributed by atoms with Gasteiger partial charge in [0.1, 0.15) is 5.75 Å². The summed E-state index contributed by atoms with van der Waals surface area (Å²) in [6.07, 6.45) is -4.67. The van der Waals surface area contributed by atoms with Gasteiger partial charge in [-0.05, 0) is 48.9 Å². The minimum absolute atomic E-state index is 0.191. The van der Waals surface area contributed by atoms with Crippen LogP contribution in [-0.2, 0) is 0 Å². The van der Waals surface area contributed by atoms with E-state index in [2.05, 4.69) is 4.99 Å². The molecule has 3 nitrogen and oxygen atoms in total. The topological polar surface area (TPSA) is 26.5 Å². The Balaban J connectivity index is 1.98. The second kappa shape index (κ2) is 7.71. The number of aliphatic imine (C=N–C) groups is 1. The van der Waals surface area contributed by atoms with Crippen LogP contribution in [0.25, 0.3) is 22.2 Å². The monoisotopic (exact) mass is 408 g/mol. The Morgan fingerprint density at radius 3 is 2.20 bits per heavy atom. The number of hydrogen-bond acceptors (Lipinski definition) is 2. The molecule has 0 bridgehead atoms. The second-order valence-corrected chi connectivity index (χ2v) is 6.92. The lowest BCUT2D eigenvalue weighted by atomic mass is 10.1. The quantitative estimate of drug-likeness (QED) is 0.272. The van der Waals surface area contributed by atoms with Gasteiger partial charge >= 0.3 is 6.18 Å². The normalized spacial score (nSPS) is 12.4. The zero-order valence-corrected chi connectivity index (χ0v) is 16.4. The standard InChI is InChI=1S/C24H19F3N2O/c1-16-7-9-17(10-8-16)22-15-18-5-3-4-6-21(18)29(22)23(24(25,26)27)28-19-11-13-20(30-2)14-12-19/h3-15H,1-2H3. The number of benzene rings is 3. The Labute approximate surface area is 172 Å². The van der Waals surface area contributed by atoms with E-state index >= 15 is 0 Å². The smallest absolute Gasteiger partial charge is 0.450 e. The predicted octanol–water partition coefficient (Wildman–Crippen LogP) is 6.77.